The van der Waals surface area contributed by atoms with Gasteiger partial charge < -0.3 is 10.4 Å². The van der Waals surface area contributed by atoms with Gasteiger partial charge >= 0.3 is 5.97 Å². The van der Waals surface area contributed by atoms with Crippen molar-refractivity contribution < 1.29 is 14.7 Å². The number of rotatable bonds is 3. The summed E-state index contributed by atoms with van der Waals surface area (Å²) in [4.78, 5) is 23.6. The number of carbonyl (C=O) groups excluding carboxylic acids is 1. The first-order valence-corrected chi connectivity index (χ1v) is 6.81. The van der Waals surface area contributed by atoms with Gasteiger partial charge in [0, 0.05) is 5.56 Å². The van der Waals surface area contributed by atoms with Crippen LogP contribution in [0.4, 0.5) is 0 Å². The molecule has 21 heavy (non-hydrogen) atoms. The van der Waals surface area contributed by atoms with Crippen LogP contribution in [-0.4, -0.2) is 23.0 Å². The molecule has 2 aromatic rings. The van der Waals surface area contributed by atoms with Crippen LogP contribution in [0.3, 0.4) is 0 Å². The van der Waals surface area contributed by atoms with Gasteiger partial charge in [-0.25, -0.2) is 4.79 Å². The predicted molar refractivity (Wildman–Crippen MR) is 82.3 cm³/mol. The highest BCUT2D eigenvalue weighted by Crippen LogP contribution is 2.21. The number of carboxylic acid groups (broad SMARTS) is 1. The Balaban J connectivity index is 2.27. The highest BCUT2D eigenvalue weighted by molar-refractivity contribution is 6.00. The minimum atomic E-state index is -1.03. The monoisotopic (exact) mass is 285 g/mol. The van der Waals surface area contributed by atoms with Gasteiger partial charge in [-0.2, -0.15) is 0 Å². The van der Waals surface area contributed by atoms with E-state index in [9.17, 15) is 14.7 Å². The van der Waals surface area contributed by atoms with E-state index in [4.69, 9.17) is 0 Å². The van der Waals surface area contributed by atoms with Crippen LogP contribution in [0.1, 0.15) is 31.1 Å². The summed E-state index contributed by atoms with van der Waals surface area (Å²) in [6.07, 6.45) is 0. The first kappa shape index (κ1) is 15.0. The topological polar surface area (TPSA) is 66.4 Å². The molecule has 2 rings (SSSR count). The molecule has 0 aliphatic rings. The number of amides is 1. The van der Waals surface area contributed by atoms with E-state index in [2.05, 4.69) is 5.32 Å². The maximum absolute atomic E-state index is 12.3. The summed E-state index contributed by atoms with van der Waals surface area (Å²) in [6.45, 7) is 5.35. The fourth-order valence-corrected chi connectivity index (χ4v) is 2.19. The smallest absolute Gasteiger partial charge is 0.326 e. The Hall–Kier alpha value is -2.36. The molecule has 4 heteroatoms. The summed E-state index contributed by atoms with van der Waals surface area (Å²) in [5.74, 6) is -1.40. The third kappa shape index (κ3) is 3.40. The summed E-state index contributed by atoms with van der Waals surface area (Å²) in [6, 6.07) is 12.1. The molecule has 2 N–H and O–H groups in total. The summed E-state index contributed by atoms with van der Waals surface area (Å²) >= 11 is 0. The average Bonchev–Trinajstić information content (AvgIpc) is 2.42. The molecule has 0 aliphatic carbocycles. The van der Waals surface area contributed by atoms with Gasteiger partial charge in [0.15, 0.2) is 0 Å². The number of fused-ring (bicyclic) bond motifs is 1. The van der Waals surface area contributed by atoms with Crippen LogP contribution in [0, 0.1) is 5.41 Å². The third-order valence-electron chi connectivity index (χ3n) is 3.40. The lowest BCUT2D eigenvalue weighted by atomic mass is 9.86. The van der Waals surface area contributed by atoms with E-state index in [1.165, 1.54) is 0 Å². The van der Waals surface area contributed by atoms with Crippen LogP contribution in [0.15, 0.2) is 42.5 Å². The van der Waals surface area contributed by atoms with Crippen molar-refractivity contribution in [1.82, 2.24) is 5.32 Å². The lowest BCUT2D eigenvalue weighted by molar-refractivity contribution is -0.142. The quantitative estimate of drug-likeness (QED) is 0.910. The molecule has 0 aliphatic heterocycles. The van der Waals surface area contributed by atoms with Crippen molar-refractivity contribution in [2.45, 2.75) is 26.8 Å². The molecule has 0 saturated heterocycles. The molecular formula is C17H19NO3. The maximum Gasteiger partial charge on any atom is 0.326 e. The van der Waals surface area contributed by atoms with Crippen LogP contribution < -0.4 is 5.32 Å². The van der Waals surface area contributed by atoms with E-state index in [1.807, 2.05) is 30.3 Å². The normalized spacial score (nSPS) is 12.9. The second-order valence-corrected chi connectivity index (χ2v) is 6.17. The second-order valence-electron chi connectivity index (χ2n) is 6.17. The molecule has 4 nitrogen and oxygen atoms in total. The lowest BCUT2D eigenvalue weighted by Crippen LogP contribution is -2.49. The number of benzene rings is 2. The number of nitrogens with one attached hydrogen (secondary N) is 1. The van der Waals surface area contributed by atoms with Crippen molar-refractivity contribution in [3.63, 3.8) is 0 Å². The van der Waals surface area contributed by atoms with E-state index < -0.39 is 17.4 Å². The van der Waals surface area contributed by atoms with Crippen LogP contribution >= 0.6 is 0 Å². The number of carboxylic acids is 1. The standard InChI is InChI=1S/C17H19NO3/c1-17(2,3)14(16(20)21)18-15(19)13-9-8-11-6-4-5-7-12(11)10-13/h4-10,14H,1-3H3,(H,18,19)(H,20,21)/t14-/m1/s1. The summed E-state index contributed by atoms with van der Waals surface area (Å²) in [5, 5.41) is 13.9. The van der Waals surface area contributed by atoms with Crippen molar-refractivity contribution in [2.24, 2.45) is 5.41 Å². The fraction of sp³-hybridized carbons (Fsp3) is 0.294. The minimum absolute atomic E-state index is 0.372. The Morgan fingerprint density at radius 2 is 1.67 bits per heavy atom. The molecule has 1 atom stereocenters. The highest BCUT2D eigenvalue weighted by atomic mass is 16.4. The van der Waals surface area contributed by atoms with Gasteiger partial charge in [0.05, 0.1) is 0 Å². The largest absolute Gasteiger partial charge is 0.480 e. The molecule has 0 heterocycles. The first-order chi connectivity index (χ1) is 9.79. The Kier molecular flexibility index (Phi) is 3.98. The van der Waals surface area contributed by atoms with E-state index in [1.54, 1.807) is 32.9 Å². The minimum Gasteiger partial charge on any atom is -0.480 e. The molecule has 110 valence electrons. The van der Waals surface area contributed by atoms with Crippen LogP contribution in [0.5, 0.6) is 0 Å². The van der Waals surface area contributed by atoms with Gasteiger partial charge in [-0.1, -0.05) is 51.1 Å². The van der Waals surface area contributed by atoms with Crippen LogP contribution in [-0.2, 0) is 4.79 Å². The lowest BCUT2D eigenvalue weighted by Gasteiger charge is -2.27. The molecule has 0 spiro atoms. The van der Waals surface area contributed by atoms with Gasteiger partial charge in [0.2, 0.25) is 0 Å². The van der Waals surface area contributed by atoms with Gasteiger partial charge in [-0.05, 0) is 28.3 Å². The highest BCUT2D eigenvalue weighted by Gasteiger charge is 2.32. The molecule has 0 bridgehead atoms. The zero-order chi connectivity index (χ0) is 15.6. The number of carbonyl (C=O) groups is 2. The van der Waals surface area contributed by atoms with E-state index in [0.29, 0.717) is 5.56 Å². The first-order valence-electron chi connectivity index (χ1n) is 6.81. The fourth-order valence-electron chi connectivity index (χ4n) is 2.19. The van der Waals surface area contributed by atoms with Gasteiger partial charge in [-0.3, -0.25) is 4.79 Å². The van der Waals surface area contributed by atoms with Crippen LogP contribution in [0.25, 0.3) is 10.8 Å². The molecule has 0 radical (unpaired) electrons. The second kappa shape index (κ2) is 5.56. The summed E-state index contributed by atoms with van der Waals surface area (Å²) in [5.41, 5.74) is -0.0950. The van der Waals surface area contributed by atoms with Crippen LogP contribution in [0.2, 0.25) is 0 Å². The Labute approximate surface area is 123 Å². The number of hydrogen-bond acceptors (Lipinski definition) is 2. The summed E-state index contributed by atoms with van der Waals surface area (Å²) < 4.78 is 0. The molecule has 0 aromatic heterocycles. The van der Waals surface area contributed by atoms with E-state index in [0.717, 1.165) is 10.8 Å². The van der Waals surface area contributed by atoms with Gasteiger partial charge in [0.1, 0.15) is 6.04 Å². The van der Waals surface area contributed by atoms with Gasteiger partial charge in [0.25, 0.3) is 5.91 Å². The van der Waals surface area contributed by atoms with Crippen molar-refractivity contribution in [1.29, 1.82) is 0 Å². The van der Waals surface area contributed by atoms with Crippen molar-refractivity contribution in [2.75, 3.05) is 0 Å². The summed E-state index contributed by atoms with van der Waals surface area (Å²) in [7, 11) is 0. The molecule has 0 saturated carbocycles. The van der Waals surface area contributed by atoms with Crippen molar-refractivity contribution in [3.05, 3.63) is 48.0 Å². The SMILES string of the molecule is CC(C)(C)[C@H](NC(=O)c1ccc2ccccc2c1)C(=O)O. The van der Waals surface area contributed by atoms with Crippen molar-refractivity contribution in [3.8, 4) is 0 Å². The van der Waals surface area contributed by atoms with E-state index in [-0.39, 0.29) is 5.91 Å². The van der Waals surface area contributed by atoms with Gasteiger partial charge in [-0.15, -0.1) is 0 Å². The zero-order valence-corrected chi connectivity index (χ0v) is 12.4. The molecule has 0 fully saturated rings. The predicted octanol–water partition coefficient (Wildman–Crippen LogP) is 3.07. The molecular weight excluding hydrogens is 266 g/mol. The Morgan fingerprint density at radius 3 is 2.24 bits per heavy atom. The molecule has 2 aromatic carbocycles. The number of aliphatic carboxylic acids is 1. The zero-order valence-electron chi connectivity index (χ0n) is 12.4. The van der Waals surface area contributed by atoms with E-state index >= 15 is 0 Å². The Morgan fingerprint density at radius 1 is 1.05 bits per heavy atom. The molecule has 0 unspecified atom stereocenters. The maximum atomic E-state index is 12.3. The Bertz CT molecular complexity index is 686. The molecule has 1 amide bonds. The average molecular weight is 285 g/mol. The van der Waals surface area contributed by atoms with Crippen molar-refractivity contribution >= 4 is 22.6 Å². The number of hydrogen-bond donors (Lipinski definition) is 2. The third-order valence-corrected chi connectivity index (χ3v) is 3.40.